The molecule has 0 saturated heterocycles. The molecule has 0 heterocycles. The molecule has 3 nitrogen and oxygen atoms in total. The van der Waals surface area contributed by atoms with Gasteiger partial charge in [0.05, 0.1) is 13.2 Å². The summed E-state index contributed by atoms with van der Waals surface area (Å²) in [4.78, 5) is 0. The Bertz CT molecular complexity index is 506. The summed E-state index contributed by atoms with van der Waals surface area (Å²) in [7, 11) is 1.21. The standard InChI is InChI=1S/C15H19F9O3/c1-25-4-5-26-8-27-12(14(19,20)21,15(22,23)24)7-11(16)9-2-3-10(6-9)13(11,17)18/h9-10H,2-8H2,1H3. The van der Waals surface area contributed by atoms with Crippen molar-refractivity contribution in [3.05, 3.63) is 0 Å². The minimum atomic E-state index is -6.19. The van der Waals surface area contributed by atoms with Crippen molar-refractivity contribution in [2.45, 2.75) is 55.2 Å². The topological polar surface area (TPSA) is 27.7 Å². The number of hydrogen-bond donors (Lipinski definition) is 0. The van der Waals surface area contributed by atoms with E-state index in [2.05, 4.69) is 14.2 Å². The molecule has 2 aliphatic rings. The van der Waals surface area contributed by atoms with Crippen LogP contribution < -0.4 is 0 Å². The first-order valence-electron chi connectivity index (χ1n) is 8.14. The van der Waals surface area contributed by atoms with Crippen LogP contribution in [0, 0.1) is 11.8 Å². The highest BCUT2D eigenvalue weighted by Crippen LogP contribution is 2.66. The van der Waals surface area contributed by atoms with Crippen LogP contribution in [0.5, 0.6) is 0 Å². The summed E-state index contributed by atoms with van der Waals surface area (Å²) in [5.41, 5.74) is -9.09. The van der Waals surface area contributed by atoms with Gasteiger partial charge in [-0.15, -0.1) is 0 Å². The quantitative estimate of drug-likeness (QED) is 0.326. The molecule has 2 saturated carbocycles. The molecule has 12 heteroatoms. The number of halogens is 9. The molecule has 0 aromatic rings. The van der Waals surface area contributed by atoms with Gasteiger partial charge in [0.2, 0.25) is 0 Å². The smallest absolute Gasteiger partial charge is 0.382 e. The van der Waals surface area contributed by atoms with Crippen molar-refractivity contribution in [2.24, 2.45) is 11.8 Å². The summed E-state index contributed by atoms with van der Waals surface area (Å²) < 4.78 is 137. The zero-order chi connectivity index (χ0) is 20.7. The van der Waals surface area contributed by atoms with E-state index in [0.717, 1.165) is 0 Å². The number of ether oxygens (including phenoxy) is 3. The molecule has 0 aliphatic heterocycles. The molecular weight excluding hydrogens is 399 g/mol. The Morgan fingerprint density at radius 3 is 1.89 bits per heavy atom. The molecule has 2 bridgehead atoms. The maximum absolute atomic E-state index is 15.1. The lowest BCUT2D eigenvalue weighted by Crippen LogP contribution is -2.65. The molecule has 3 unspecified atom stereocenters. The Morgan fingerprint density at radius 2 is 1.44 bits per heavy atom. The van der Waals surface area contributed by atoms with Crippen LogP contribution in [0.15, 0.2) is 0 Å². The molecule has 0 spiro atoms. The van der Waals surface area contributed by atoms with Crippen LogP contribution in [0.2, 0.25) is 0 Å². The average Bonchev–Trinajstić information content (AvgIpc) is 3.06. The van der Waals surface area contributed by atoms with Crippen molar-refractivity contribution < 1.29 is 53.7 Å². The van der Waals surface area contributed by atoms with Crippen molar-refractivity contribution in [1.29, 1.82) is 0 Å². The molecule has 2 fully saturated rings. The van der Waals surface area contributed by atoms with Gasteiger partial charge in [0.1, 0.15) is 6.79 Å². The normalized spacial score (nSPS) is 30.9. The molecule has 0 amide bonds. The fraction of sp³-hybridized carbons (Fsp3) is 1.00. The first kappa shape index (κ1) is 22.5. The van der Waals surface area contributed by atoms with Crippen LogP contribution in [-0.2, 0) is 14.2 Å². The van der Waals surface area contributed by atoms with E-state index in [9.17, 15) is 35.1 Å². The molecule has 0 aromatic heterocycles. The SMILES string of the molecule is COCCOCOC(CC1(F)C2CCC(C2)C1(F)F)(C(F)(F)F)C(F)(F)F. The first-order valence-corrected chi connectivity index (χ1v) is 8.14. The Morgan fingerprint density at radius 1 is 0.889 bits per heavy atom. The summed E-state index contributed by atoms with van der Waals surface area (Å²) in [5, 5.41) is 0. The van der Waals surface area contributed by atoms with E-state index in [1.165, 1.54) is 7.11 Å². The van der Waals surface area contributed by atoms with Gasteiger partial charge in [0.25, 0.3) is 11.5 Å². The summed E-state index contributed by atoms with van der Waals surface area (Å²) in [6.07, 6.45) is -15.8. The Labute approximate surface area is 149 Å². The van der Waals surface area contributed by atoms with Gasteiger partial charge in [-0.3, -0.25) is 0 Å². The molecule has 0 radical (unpaired) electrons. The summed E-state index contributed by atoms with van der Waals surface area (Å²) in [5.74, 6) is -7.48. The van der Waals surface area contributed by atoms with Crippen molar-refractivity contribution >= 4 is 0 Å². The van der Waals surface area contributed by atoms with Gasteiger partial charge in [0.15, 0.2) is 5.67 Å². The molecule has 0 aromatic carbocycles. The van der Waals surface area contributed by atoms with Crippen LogP contribution in [0.25, 0.3) is 0 Å². The van der Waals surface area contributed by atoms with E-state index in [1.807, 2.05) is 0 Å². The minimum absolute atomic E-state index is 0.143. The highest BCUT2D eigenvalue weighted by Gasteiger charge is 2.81. The van der Waals surface area contributed by atoms with Crippen molar-refractivity contribution in [2.75, 3.05) is 27.1 Å². The highest BCUT2D eigenvalue weighted by atomic mass is 19.4. The largest absolute Gasteiger partial charge is 0.426 e. The molecule has 2 rings (SSSR count). The zero-order valence-corrected chi connectivity index (χ0v) is 14.2. The lowest BCUT2D eigenvalue weighted by Gasteiger charge is -2.45. The van der Waals surface area contributed by atoms with E-state index >= 15 is 4.39 Å². The summed E-state index contributed by atoms with van der Waals surface area (Å²) in [6.45, 7) is -2.06. The summed E-state index contributed by atoms with van der Waals surface area (Å²) >= 11 is 0. The Hall–Kier alpha value is -0.750. The predicted octanol–water partition coefficient (Wildman–Crippen LogP) is 4.65. The maximum atomic E-state index is 15.1. The third-order valence-corrected chi connectivity index (χ3v) is 5.39. The van der Waals surface area contributed by atoms with Crippen LogP contribution in [0.1, 0.15) is 25.7 Å². The Kier molecular flexibility index (Phi) is 6.05. The van der Waals surface area contributed by atoms with Gasteiger partial charge in [-0.25, -0.2) is 13.2 Å². The summed E-state index contributed by atoms with van der Waals surface area (Å²) in [6, 6.07) is 0. The molecule has 3 atom stereocenters. The molecule has 160 valence electrons. The third kappa shape index (κ3) is 3.64. The first-order chi connectivity index (χ1) is 12.2. The maximum Gasteiger partial charge on any atom is 0.426 e. The van der Waals surface area contributed by atoms with E-state index in [4.69, 9.17) is 0 Å². The third-order valence-electron chi connectivity index (χ3n) is 5.39. The lowest BCUT2D eigenvalue weighted by molar-refractivity contribution is -0.406. The average molecular weight is 418 g/mol. The van der Waals surface area contributed by atoms with Gasteiger partial charge >= 0.3 is 12.4 Å². The zero-order valence-electron chi connectivity index (χ0n) is 14.2. The number of fused-ring (bicyclic) bond motifs is 2. The monoisotopic (exact) mass is 418 g/mol. The van der Waals surface area contributed by atoms with E-state index in [0.29, 0.717) is 0 Å². The minimum Gasteiger partial charge on any atom is -0.382 e. The van der Waals surface area contributed by atoms with E-state index in [1.54, 1.807) is 0 Å². The van der Waals surface area contributed by atoms with Crippen LogP contribution in [0.4, 0.5) is 39.5 Å². The van der Waals surface area contributed by atoms with Crippen LogP contribution in [0.3, 0.4) is 0 Å². The fourth-order valence-electron chi connectivity index (χ4n) is 3.88. The van der Waals surface area contributed by atoms with Crippen LogP contribution >= 0.6 is 0 Å². The van der Waals surface area contributed by atoms with E-state index < -0.39 is 67.6 Å². The number of methoxy groups -OCH3 is 1. The second-order valence-corrected chi connectivity index (χ2v) is 6.85. The molecule has 27 heavy (non-hydrogen) atoms. The predicted molar refractivity (Wildman–Crippen MR) is 72.9 cm³/mol. The van der Waals surface area contributed by atoms with Gasteiger partial charge in [-0.05, 0) is 25.2 Å². The Balaban J connectivity index is 2.34. The van der Waals surface area contributed by atoms with Crippen LogP contribution in [-0.4, -0.2) is 56.7 Å². The van der Waals surface area contributed by atoms with Crippen molar-refractivity contribution in [1.82, 2.24) is 0 Å². The molecular formula is C15H19F9O3. The van der Waals surface area contributed by atoms with Gasteiger partial charge in [0, 0.05) is 19.4 Å². The fourth-order valence-corrected chi connectivity index (χ4v) is 3.88. The lowest BCUT2D eigenvalue weighted by atomic mass is 9.74. The van der Waals surface area contributed by atoms with Gasteiger partial charge in [-0.1, -0.05) is 0 Å². The number of hydrogen-bond acceptors (Lipinski definition) is 3. The number of alkyl halides is 9. The molecule has 0 N–H and O–H groups in total. The highest BCUT2D eigenvalue weighted by molar-refractivity contribution is 5.17. The second-order valence-electron chi connectivity index (χ2n) is 6.85. The van der Waals surface area contributed by atoms with Crippen molar-refractivity contribution in [3.8, 4) is 0 Å². The second kappa shape index (κ2) is 7.25. The van der Waals surface area contributed by atoms with Crippen molar-refractivity contribution in [3.63, 3.8) is 0 Å². The van der Waals surface area contributed by atoms with Gasteiger partial charge < -0.3 is 14.2 Å². The van der Waals surface area contributed by atoms with Gasteiger partial charge in [-0.2, -0.15) is 26.3 Å². The number of rotatable bonds is 8. The molecule has 2 aliphatic carbocycles. The van der Waals surface area contributed by atoms with E-state index in [-0.39, 0.29) is 19.4 Å².